The van der Waals surface area contributed by atoms with E-state index in [0.717, 1.165) is 11.8 Å². The summed E-state index contributed by atoms with van der Waals surface area (Å²) in [6.07, 6.45) is 3.58. The fraction of sp³-hybridized carbons (Fsp3) is 0.412. The fourth-order valence-corrected chi connectivity index (χ4v) is 2.84. The molecular formula is C17H21NO3. The van der Waals surface area contributed by atoms with Gasteiger partial charge in [0.05, 0.1) is 5.41 Å². The van der Waals surface area contributed by atoms with Gasteiger partial charge in [-0.2, -0.15) is 0 Å². The first-order chi connectivity index (χ1) is 10.1. The maximum Gasteiger partial charge on any atom is 0.410 e. The summed E-state index contributed by atoms with van der Waals surface area (Å²) in [6, 6.07) is 9.38. The van der Waals surface area contributed by atoms with E-state index >= 15 is 0 Å². The summed E-state index contributed by atoms with van der Waals surface area (Å²) in [7, 11) is 0. The number of aldehydes is 1. The molecule has 1 saturated heterocycles. The molecule has 1 fully saturated rings. The molecule has 112 valence electrons. The second-order valence-electron chi connectivity index (χ2n) is 5.50. The van der Waals surface area contributed by atoms with Crippen LogP contribution in [0.2, 0.25) is 0 Å². The molecule has 0 aromatic heterocycles. The van der Waals surface area contributed by atoms with E-state index in [1.165, 1.54) is 0 Å². The lowest BCUT2D eigenvalue weighted by atomic mass is 9.79. The van der Waals surface area contributed by atoms with Crippen molar-refractivity contribution in [1.29, 1.82) is 0 Å². The lowest BCUT2D eigenvalue weighted by Crippen LogP contribution is -2.41. The number of benzene rings is 1. The van der Waals surface area contributed by atoms with Gasteiger partial charge in [0.25, 0.3) is 0 Å². The molecule has 0 spiro atoms. The van der Waals surface area contributed by atoms with Gasteiger partial charge in [0.15, 0.2) is 0 Å². The minimum Gasteiger partial charge on any atom is -0.445 e. The van der Waals surface area contributed by atoms with Gasteiger partial charge < -0.3 is 14.4 Å². The second-order valence-corrected chi connectivity index (χ2v) is 5.50. The number of amides is 1. The quantitative estimate of drug-likeness (QED) is 0.617. The minimum absolute atomic E-state index is 0.170. The summed E-state index contributed by atoms with van der Waals surface area (Å²) < 4.78 is 5.34. The standard InChI is InChI=1S/C17H21NO3/c1-3-9-17(13-19)10-11-18(14(17)2)16(20)21-12-15-7-5-4-6-8-15/h3-8,13-14H,1,9-12H2,2H3/t14-,17-/m1/s1. The van der Waals surface area contributed by atoms with Gasteiger partial charge in [0.1, 0.15) is 12.9 Å². The van der Waals surface area contributed by atoms with Crippen molar-refractivity contribution in [3.63, 3.8) is 0 Å². The van der Waals surface area contributed by atoms with Crippen LogP contribution in [0, 0.1) is 5.41 Å². The van der Waals surface area contributed by atoms with Gasteiger partial charge in [-0.3, -0.25) is 0 Å². The number of nitrogens with zero attached hydrogens (tertiary/aromatic N) is 1. The molecule has 0 N–H and O–H groups in total. The van der Waals surface area contributed by atoms with Crippen LogP contribution in [0.4, 0.5) is 4.79 Å². The molecule has 0 unspecified atom stereocenters. The zero-order chi connectivity index (χ0) is 15.3. The molecule has 1 aliphatic rings. The third-order valence-electron chi connectivity index (χ3n) is 4.32. The van der Waals surface area contributed by atoms with E-state index in [-0.39, 0.29) is 18.7 Å². The number of likely N-dealkylation sites (tertiary alicyclic amines) is 1. The van der Waals surface area contributed by atoms with Crippen LogP contribution in [0.15, 0.2) is 43.0 Å². The molecule has 1 amide bonds. The molecule has 2 atom stereocenters. The Kier molecular flexibility index (Phi) is 4.78. The first-order valence-corrected chi connectivity index (χ1v) is 7.17. The van der Waals surface area contributed by atoms with E-state index in [0.29, 0.717) is 19.4 Å². The predicted octanol–water partition coefficient (Wildman–Crippen LogP) is 3.18. The van der Waals surface area contributed by atoms with E-state index in [9.17, 15) is 9.59 Å². The Hall–Kier alpha value is -2.10. The molecule has 4 heteroatoms. The van der Waals surface area contributed by atoms with Crippen molar-refractivity contribution in [2.75, 3.05) is 6.54 Å². The van der Waals surface area contributed by atoms with Gasteiger partial charge >= 0.3 is 6.09 Å². The number of carbonyl (C=O) groups excluding carboxylic acids is 2. The van der Waals surface area contributed by atoms with E-state index in [1.807, 2.05) is 37.3 Å². The van der Waals surface area contributed by atoms with Crippen molar-refractivity contribution in [2.24, 2.45) is 5.41 Å². The van der Waals surface area contributed by atoms with E-state index < -0.39 is 5.41 Å². The first kappa shape index (κ1) is 15.3. The number of hydrogen-bond acceptors (Lipinski definition) is 3. The predicted molar refractivity (Wildman–Crippen MR) is 80.7 cm³/mol. The zero-order valence-electron chi connectivity index (χ0n) is 12.3. The maximum absolute atomic E-state index is 12.2. The summed E-state index contributed by atoms with van der Waals surface area (Å²) in [5, 5.41) is 0. The molecule has 0 saturated carbocycles. The Bertz CT molecular complexity index is 514. The molecule has 21 heavy (non-hydrogen) atoms. The van der Waals surface area contributed by atoms with Crippen molar-refractivity contribution in [1.82, 2.24) is 4.90 Å². The SMILES string of the molecule is C=CC[C@]1(C=O)CCN(C(=O)OCc2ccccc2)[C@@H]1C. The summed E-state index contributed by atoms with van der Waals surface area (Å²) in [6.45, 7) is 6.39. The Labute approximate surface area is 125 Å². The van der Waals surface area contributed by atoms with Gasteiger partial charge in [-0.15, -0.1) is 6.58 Å². The molecule has 1 heterocycles. The van der Waals surface area contributed by atoms with E-state index in [4.69, 9.17) is 4.74 Å². The molecule has 4 nitrogen and oxygen atoms in total. The molecule has 1 aliphatic heterocycles. The normalized spacial score (nSPS) is 24.6. The molecule has 2 rings (SSSR count). The molecule has 0 bridgehead atoms. The van der Waals surface area contributed by atoms with Crippen molar-refractivity contribution in [3.8, 4) is 0 Å². The van der Waals surface area contributed by atoms with Crippen molar-refractivity contribution in [3.05, 3.63) is 48.6 Å². The van der Waals surface area contributed by atoms with Gasteiger partial charge in [-0.1, -0.05) is 36.4 Å². The molecular weight excluding hydrogens is 266 g/mol. The summed E-state index contributed by atoms with van der Waals surface area (Å²) in [5.74, 6) is 0. The lowest BCUT2D eigenvalue weighted by Gasteiger charge is -2.29. The van der Waals surface area contributed by atoms with Crippen LogP contribution in [-0.2, 0) is 16.1 Å². The average Bonchev–Trinajstić information content (AvgIpc) is 2.84. The largest absolute Gasteiger partial charge is 0.445 e. The van der Waals surface area contributed by atoms with Crippen LogP contribution in [0.25, 0.3) is 0 Å². The lowest BCUT2D eigenvalue weighted by molar-refractivity contribution is -0.116. The third kappa shape index (κ3) is 3.15. The van der Waals surface area contributed by atoms with E-state index in [1.54, 1.807) is 11.0 Å². The topological polar surface area (TPSA) is 46.6 Å². The highest BCUT2D eigenvalue weighted by molar-refractivity contribution is 5.72. The highest BCUT2D eigenvalue weighted by Crippen LogP contribution is 2.38. The number of allylic oxidation sites excluding steroid dienone is 1. The van der Waals surface area contributed by atoms with E-state index in [2.05, 4.69) is 6.58 Å². The highest BCUT2D eigenvalue weighted by Gasteiger charge is 2.46. The Morgan fingerprint density at radius 1 is 1.48 bits per heavy atom. The van der Waals surface area contributed by atoms with Gasteiger partial charge in [0, 0.05) is 12.6 Å². The van der Waals surface area contributed by atoms with Crippen LogP contribution in [0.5, 0.6) is 0 Å². The maximum atomic E-state index is 12.2. The average molecular weight is 287 g/mol. The Morgan fingerprint density at radius 2 is 2.19 bits per heavy atom. The fourth-order valence-electron chi connectivity index (χ4n) is 2.84. The molecule has 0 radical (unpaired) electrons. The van der Waals surface area contributed by atoms with Crippen LogP contribution in [0.1, 0.15) is 25.3 Å². The molecule has 1 aromatic carbocycles. The smallest absolute Gasteiger partial charge is 0.410 e. The monoisotopic (exact) mass is 287 g/mol. The number of rotatable bonds is 5. The first-order valence-electron chi connectivity index (χ1n) is 7.17. The van der Waals surface area contributed by atoms with Crippen LogP contribution < -0.4 is 0 Å². The number of hydrogen-bond donors (Lipinski definition) is 0. The van der Waals surface area contributed by atoms with Gasteiger partial charge in [-0.25, -0.2) is 4.79 Å². The zero-order valence-corrected chi connectivity index (χ0v) is 12.3. The van der Waals surface area contributed by atoms with Crippen LogP contribution in [0.3, 0.4) is 0 Å². The van der Waals surface area contributed by atoms with Crippen molar-refractivity contribution in [2.45, 2.75) is 32.4 Å². The van der Waals surface area contributed by atoms with Gasteiger partial charge in [0.2, 0.25) is 0 Å². The molecule has 0 aliphatic carbocycles. The van der Waals surface area contributed by atoms with Crippen molar-refractivity contribution < 1.29 is 14.3 Å². The summed E-state index contributed by atoms with van der Waals surface area (Å²) >= 11 is 0. The summed E-state index contributed by atoms with van der Waals surface area (Å²) in [5.41, 5.74) is 0.429. The number of ether oxygens (including phenoxy) is 1. The highest BCUT2D eigenvalue weighted by atomic mass is 16.6. The third-order valence-corrected chi connectivity index (χ3v) is 4.32. The summed E-state index contributed by atoms with van der Waals surface area (Å²) in [4.78, 5) is 25.3. The van der Waals surface area contributed by atoms with Crippen molar-refractivity contribution >= 4 is 12.4 Å². The van der Waals surface area contributed by atoms with Crippen LogP contribution in [-0.4, -0.2) is 29.9 Å². The molecule has 1 aromatic rings. The number of carbonyl (C=O) groups is 2. The second kappa shape index (κ2) is 6.57. The van der Waals surface area contributed by atoms with Crippen LogP contribution >= 0.6 is 0 Å². The minimum atomic E-state index is -0.520. The van der Waals surface area contributed by atoms with Gasteiger partial charge in [-0.05, 0) is 25.3 Å². The Balaban J connectivity index is 1.97. The Morgan fingerprint density at radius 3 is 2.81 bits per heavy atom.